The monoisotopic (exact) mass is 482 g/mol. The summed E-state index contributed by atoms with van der Waals surface area (Å²) in [4.78, 5) is 12.9. The molecular weight excluding hydrogens is 455 g/mol. The van der Waals surface area contributed by atoms with Crippen molar-refractivity contribution in [1.82, 2.24) is 9.62 Å². The minimum atomic E-state index is -3.81. The first-order valence-corrected chi connectivity index (χ1v) is 12.5. The Morgan fingerprint density at radius 1 is 1.12 bits per heavy atom. The Balaban J connectivity index is 1.84. The lowest BCUT2D eigenvalue weighted by Crippen LogP contribution is -2.44. The van der Waals surface area contributed by atoms with Crippen LogP contribution in [0.4, 0.5) is 4.39 Å². The van der Waals surface area contributed by atoms with Crippen molar-refractivity contribution in [2.24, 2.45) is 0 Å². The molecule has 3 rings (SSSR count). The number of hydrogen-bond donors (Lipinski definition) is 1. The molecule has 0 aromatic heterocycles. The Kier molecular flexibility index (Phi) is 7.92. The lowest BCUT2D eigenvalue weighted by Gasteiger charge is -2.38. The summed E-state index contributed by atoms with van der Waals surface area (Å²) >= 11 is 6.18. The average molecular weight is 483 g/mol. The number of benzene rings is 2. The van der Waals surface area contributed by atoms with Gasteiger partial charge in [-0.2, -0.15) is 4.31 Å². The van der Waals surface area contributed by atoms with Crippen molar-refractivity contribution >= 4 is 27.5 Å². The Hall–Kier alpha value is -2.00. The first kappa shape index (κ1) is 24.6. The van der Waals surface area contributed by atoms with Crippen LogP contribution in [0.15, 0.2) is 47.4 Å². The molecule has 1 amide bonds. The second kappa shape index (κ2) is 10.3. The van der Waals surface area contributed by atoms with E-state index in [2.05, 4.69) is 5.32 Å². The van der Waals surface area contributed by atoms with Gasteiger partial charge >= 0.3 is 0 Å². The molecule has 174 valence electrons. The van der Waals surface area contributed by atoms with Gasteiger partial charge in [0.25, 0.3) is 5.91 Å². The number of hydrogen-bond acceptors (Lipinski definition) is 4. The zero-order chi connectivity index (χ0) is 23.4. The van der Waals surface area contributed by atoms with Crippen LogP contribution >= 0.6 is 11.6 Å². The van der Waals surface area contributed by atoms with Gasteiger partial charge in [-0.1, -0.05) is 37.6 Å². The number of amides is 1. The number of nitrogens with one attached hydrogen (secondary N) is 1. The highest BCUT2D eigenvalue weighted by atomic mass is 35.5. The summed E-state index contributed by atoms with van der Waals surface area (Å²) in [5, 5.41) is 3.01. The summed E-state index contributed by atoms with van der Waals surface area (Å²) in [5.41, 5.74) is 0.759. The molecule has 1 aliphatic heterocycles. The lowest BCUT2D eigenvalue weighted by molar-refractivity contribution is 0.0487. The van der Waals surface area contributed by atoms with Crippen LogP contribution in [-0.4, -0.2) is 51.5 Å². The molecule has 1 saturated heterocycles. The van der Waals surface area contributed by atoms with Gasteiger partial charge in [-0.3, -0.25) is 4.79 Å². The van der Waals surface area contributed by atoms with Crippen LogP contribution in [-0.2, 0) is 20.2 Å². The van der Waals surface area contributed by atoms with Crippen LogP contribution in [0.3, 0.4) is 0 Å². The van der Waals surface area contributed by atoms with Gasteiger partial charge in [0.2, 0.25) is 10.0 Å². The van der Waals surface area contributed by atoms with Gasteiger partial charge in [0.05, 0.1) is 5.02 Å². The molecule has 0 atom stereocenters. The average Bonchev–Trinajstić information content (AvgIpc) is 2.79. The molecule has 2 aromatic rings. The molecule has 0 aliphatic carbocycles. The van der Waals surface area contributed by atoms with Crippen LogP contribution in [0.1, 0.15) is 42.6 Å². The minimum Gasteiger partial charge on any atom is -0.381 e. The molecule has 0 saturated carbocycles. The highest BCUT2D eigenvalue weighted by Gasteiger charge is 2.35. The van der Waals surface area contributed by atoms with Gasteiger partial charge in [-0.15, -0.1) is 0 Å². The molecule has 1 fully saturated rings. The Bertz CT molecular complexity index is 1050. The van der Waals surface area contributed by atoms with E-state index in [9.17, 15) is 17.6 Å². The van der Waals surface area contributed by atoms with E-state index in [1.165, 1.54) is 34.6 Å². The number of halogens is 2. The maximum atomic E-state index is 13.4. The number of sulfonamides is 1. The second-order valence-electron chi connectivity index (χ2n) is 7.82. The Morgan fingerprint density at radius 2 is 1.75 bits per heavy atom. The summed E-state index contributed by atoms with van der Waals surface area (Å²) in [7, 11) is -3.81. The fourth-order valence-corrected chi connectivity index (χ4v) is 5.99. The smallest absolute Gasteiger partial charge is 0.251 e. The molecule has 9 heteroatoms. The van der Waals surface area contributed by atoms with Crippen molar-refractivity contribution in [2.45, 2.75) is 37.0 Å². The number of carbonyl (C=O) groups excluding carboxylic acids is 1. The fraction of sp³-hybridized carbons (Fsp3) is 0.435. The van der Waals surface area contributed by atoms with Crippen molar-refractivity contribution in [3.05, 3.63) is 64.4 Å². The summed E-state index contributed by atoms with van der Waals surface area (Å²) in [5.74, 6) is -0.714. The predicted octanol–water partition coefficient (Wildman–Crippen LogP) is 3.99. The predicted molar refractivity (Wildman–Crippen MR) is 122 cm³/mol. The van der Waals surface area contributed by atoms with Crippen LogP contribution in [0.2, 0.25) is 5.02 Å². The third kappa shape index (κ3) is 5.14. The third-order valence-corrected chi connectivity index (χ3v) is 8.54. The normalized spacial score (nSPS) is 16.2. The quantitative estimate of drug-likeness (QED) is 0.617. The summed E-state index contributed by atoms with van der Waals surface area (Å²) in [6, 6.07) is 10.6. The second-order valence-corrected chi connectivity index (χ2v) is 10.1. The first-order chi connectivity index (χ1) is 15.2. The molecule has 0 unspecified atom stereocenters. The highest BCUT2D eigenvalue weighted by Crippen LogP contribution is 2.34. The number of ether oxygens (including phenoxy) is 1. The molecule has 1 aliphatic rings. The van der Waals surface area contributed by atoms with Crippen molar-refractivity contribution in [2.75, 3.05) is 32.8 Å². The summed E-state index contributed by atoms with van der Waals surface area (Å²) in [6.07, 6.45) is 1.36. The van der Waals surface area contributed by atoms with Crippen molar-refractivity contribution < 1.29 is 22.3 Å². The standard InChI is InChI=1S/C23H28ClFN2O4S/c1-3-27(4-2)32(29,30)21-15-17(5-10-20(21)24)22(28)26-16-23(11-13-31-14-12-23)18-6-8-19(25)9-7-18/h5-10,15H,3-4,11-14,16H2,1-2H3,(H,26,28). The molecule has 0 bridgehead atoms. The zero-order valence-corrected chi connectivity index (χ0v) is 19.8. The molecule has 1 N–H and O–H groups in total. The van der Waals surface area contributed by atoms with Crippen LogP contribution in [0.5, 0.6) is 0 Å². The Morgan fingerprint density at radius 3 is 2.34 bits per heavy atom. The van der Waals surface area contributed by atoms with E-state index in [4.69, 9.17) is 16.3 Å². The minimum absolute atomic E-state index is 0.0701. The topological polar surface area (TPSA) is 75.7 Å². The van der Waals surface area contributed by atoms with E-state index in [1.54, 1.807) is 26.0 Å². The molecule has 32 heavy (non-hydrogen) atoms. The van der Waals surface area contributed by atoms with E-state index in [0.29, 0.717) is 45.7 Å². The maximum Gasteiger partial charge on any atom is 0.251 e. The summed E-state index contributed by atoms with van der Waals surface area (Å²) in [6.45, 7) is 5.49. The zero-order valence-electron chi connectivity index (χ0n) is 18.2. The fourth-order valence-electron chi connectivity index (χ4n) is 4.03. The maximum absolute atomic E-state index is 13.4. The van der Waals surface area contributed by atoms with E-state index in [0.717, 1.165) is 5.56 Å². The first-order valence-electron chi connectivity index (χ1n) is 10.6. The van der Waals surface area contributed by atoms with Gasteiger partial charge in [-0.25, -0.2) is 12.8 Å². The van der Waals surface area contributed by atoms with Crippen LogP contribution in [0, 0.1) is 5.82 Å². The van der Waals surface area contributed by atoms with E-state index in [-0.39, 0.29) is 26.7 Å². The molecule has 0 radical (unpaired) electrons. The Labute approximate surface area is 193 Å². The van der Waals surface area contributed by atoms with Crippen molar-refractivity contribution in [3.63, 3.8) is 0 Å². The van der Waals surface area contributed by atoms with Crippen LogP contribution < -0.4 is 5.32 Å². The highest BCUT2D eigenvalue weighted by molar-refractivity contribution is 7.89. The molecule has 0 spiro atoms. The third-order valence-electron chi connectivity index (χ3n) is 6.01. The van der Waals surface area contributed by atoms with Gasteiger partial charge < -0.3 is 10.1 Å². The molecule has 1 heterocycles. The SMILES string of the molecule is CCN(CC)S(=O)(=O)c1cc(C(=O)NCC2(c3ccc(F)cc3)CCOCC2)ccc1Cl. The largest absolute Gasteiger partial charge is 0.381 e. The summed E-state index contributed by atoms with van der Waals surface area (Å²) < 4.78 is 46.1. The van der Waals surface area contributed by atoms with Gasteiger partial charge in [-0.05, 0) is 48.7 Å². The van der Waals surface area contributed by atoms with Gasteiger partial charge in [0.1, 0.15) is 10.7 Å². The van der Waals surface area contributed by atoms with Crippen molar-refractivity contribution in [1.29, 1.82) is 0 Å². The van der Waals surface area contributed by atoms with E-state index < -0.39 is 15.9 Å². The molecule has 2 aromatic carbocycles. The van der Waals surface area contributed by atoms with E-state index >= 15 is 0 Å². The number of carbonyl (C=O) groups is 1. The number of nitrogens with zero attached hydrogens (tertiary/aromatic N) is 1. The lowest BCUT2D eigenvalue weighted by atomic mass is 9.74. The van der Waals surface area contributed by atoms with Crippen LogP contribution in [0.25, 0.3) is 0 Å². The number of rotatable bonds is 8. The van der Waals surface area contributed by atoms with Crippen molar-refractivity contribution in [3.8, 4) is 0 Å². The van der Waals surface area contributed by atoms with E-state index in [1.807, 2.05) is 0 Å². The molecule has 6 nitrogen and oxygen atoms in total. The molecular formula is C23H28ClFN2O4S. The van der Waals surface area contributed by atoms with Gasteiger partial charge in [0.15, 0.2) is 0 Å². The van der Waals surface area contributed by atoms with Gasteiger partial charge in [0, 0.05) is 43.8 Å².